The molecule has 0 radical (unpaired) electrons. The summed E-state index contributed by atoms with van der Waals surface area (Å²) in [5, 5.41) is 8.49. The Bertz CT molecular complexity index is 516. The van der Waals surface area contributed by atoms with Crippen LogP contribution in [0.15, 0.2) is 6.07 Å². The Hall–Kier alpha value is -2.15. The van der Waals surface area contributed by atoms with Crippen LogP contribution in [0.25, 0.3) is 0 Å². The second-order valence-electron chi connectivity index (χ2n) is 4.35. The molecule has 7 heteroatoms. The zero-order valence-electron chi connectivity index (χ0n) is 10.3. The van der Waals surface area contributed by atoms with E-state index in [-0.39, 0.29) is 11.4 Å². The normalized spacial score (nSPS) is 13.7. The van der Waals surface area contributed by atoms with Crippen LogP contribution in [-0.4, -0.2) is 28.6 Å². The predicted molar refractivity (Wildman–Crippen MR) is 66.6 cm³/mol. The minimum Gasteiger partial charge on any atom is -0.479 e. The first-order chi connectivity index (χ1) is 9.08. The molecule has 19 heavy (non-hydrogen) atoms. The number of carbonyl (C=O) groups is 2. The van der Waals surface area contributed by atoms with E-state index in [0.29, 0.717) is 0 Å². The van der Waals surface area contributed by atoms with Gasteiger partial charge in [0.1, 0.15) is 0 Å². The van der Waals surface area contributed by atoms with Crippen LogP contribution in [0.3, 0.4) is 0 Å². The lowest BCUT2D eigenvalue weighted by atomic mass is 9.94. The SMILES string of the molecule is NC(=O)c1cc2c(nc1NOCC(=O)O)CCCC2. The molecular formula is C12H15N3O4. The van der Waals surface area contributed by atoms with E-state index in [2.05, 4.69) is 10.5 Å². The zero-order valence-corrected chi connectivity index (χ0v) is 10.3. The second kappa shape index (κ2) is 5.66. The number of pyridine rings is 1. The summed E-state index contributed by atoms with van der Waals surface area (Å²) in [5.74, 6) is -1.57. The maximum Gasteiger partial charge on any atom is 0.332 e. The summed E-state index contributed by atoms with van der Waals surface area (Å²) < 4.78 is 0. The number of nitrogens with two attached hydrogens (primary N) is 1. The van der Waals surface area contributed by atoms with Gasteiger partial charge in [-0.15, -0.1) is 0 Å². The van der Waals surface area contributed by atoms with Gasteiger partial charge in [0.15, 0.2) is 12.4 Å². The van der Waals surface area contributed by atoms with Gasteiger partial charge >= 0.3 is 5.97 Å². The van der Waals surface area contributed by atoms with Crippen molar-refractivity contribution in [1.29, 1.82) is 0 Å². The molecule has 102 valence electrons. The first kappa shape index (κ1) is 13.3. The van der Waals surface area contributed by atoms with Crippen LogP contribution in [0, 0.1) is 0 Å². The Labute approximate surface area is 109 Å². The fourth-order valence-electron chi connectivity index (χ4n) is 2.07. The van der Waals surface area contributed by atoms with Crippen LogP contribution in [0.2, 0.25) is 0 Å². The number of nitrogens with one attached hydrogen (secondary N) is 1. The number of carbonyl (C=O) groups excluding carboxylic acids is 1. The van der Waals surface area contributed by atoms with E-state index in [1.165, 1.54) is 0 Å². The van der Waals surface area contributed by atoms with Gasteiger partial charge in [0.25, 0.3) is 5.91 Å². The van der Waals surface area contributed by atoms with Crippen LogP contribution in [0.1, 0.15) is 34.5 Å². The third-order valence-corrected chi connectivity index (χ3v) is 2.93. The maximum atomic E-state index is 11.4. The summed E-state index contributed by atoms with van der Waals surface area (Å²) in [4.78, 5) is 30.8. The second-order valence-corrected chi connectivity index (χ2v) is 4.35. The van der Waals surface area contributed by atoms with Crippen LogP contribution in [0.4, 0.5) is 5.82 Å². The summed E-state index contributed by atoms with van der Waals surface area (Å²) in [6, 6.07) is 1.70. The number of hydrogen-bond donors (Lipinski definition) is 3. The van der Waals surface area contributed by atoms with Crippen LogP contribution < -0.4 is 11.2 Å². The largest absolute Gasteiger partial charge is 0.479 e. The average Bonchev–Trinajstić information content (AvgIpc) is 2.37. The van der Waals surface area contributed by atoms with Gasteiger partial charge in [-0.25, -0.2) is 15.3 Å². The topological polar surface area (TPSA) is 115 Å². The molecule has 1 aromatic heterocycles. The molecule has 1 amide bonds. The standard InChI is InChI=1S/C12H15N3O4/c13-11(18)8-5-7-3-1-2-4-9(7)14-12(8)15-19-6-10(16)17/h5H,1-4,6H2,(H2,13,18)(H,14,15)(H,16,17). The van der Waals surface area contributed by atoms with Crippen LogP contribution in [-0.2, 0) is 22.5 Å². The summed E-state index contributed by atoms with van der Waals surface area (Å²) in [7, 11) is 0. The molecule has 7 nitrogen and oxygen atoms in total. The molecule has 0 aliphatic heterocycles. The van der Waals surface area contributed by atoms with E-state index >= 15 is 0 Å². The van der Waals surface area contributed by atoms with Crippen molar-refractivity contribution >= 4 is 17.7 Å². The first-order valence-electron chi connectivity index (χ1n) is 6.00. The number of fused-ring (bicyclic) bond motifs is 1. The van der Waals surface area contributed by atoms with Gasteiger partial charge in [-0.05, 0) is 37.3 Å². The smallest absolute Gasteiger partial charge is 0.332 e. The van der Waals surface area contributed by atoms with Crippen LogP contribution in [0.5, 0.6) is 0 Å². The Balaban J connectivity index is 2.24. The number of nitrogens with zero attached hydrogens (tertiary/aromatic N) is 1. The quantitative estimate of drug-likeness (QED) is 0.667. The maximum absolute atomic E-state index is 11.4. The van der Waals surface area contributed by atoms with Crippen molar-refractivity contribution in [2.75, 3.05) is 12.1 Å². The van der Waals surface area contributed by atoms with Gasteiger partial charge < -0.3 is 10.8 Å². The fraction of sp³-hybridized carbons (Fsp3) is 0.417. The Kier molecular flexibility index (Phi) is 3.96. The number of hydrogen-bond acceptors (Lipinski definition) is 5. The number of rotatable bonds is 5. The number of aliphatic carboxylic acids is 1. The highest BCUT2D eigenvalue weighted by Crippen LogP contribution is 2.24. The molecule has 0 aromatic carbocycles. The minimum atomic E-state index is -1.12. The summed E-state index contributed by atoms with van der Waals surface area (Å²) >= 11 is 0. The van der Waals surface area contributed by atoms with Crippen molar-refractivity contribution in [3.05, 3.63) is 22.9 Å². The third-order valence-electron chi connectivity index (χ3n) is 2.93. The molecule has 0 saturated heterocycles. The molecule has 0 spiro atoms. The third kappa shape index (κ3) is 3.19. The molecule has 1 heterocycles. The number of carboxylic acid groups (broad SMARTS) is 1. The molecular weight excluding hydrogens is 250 g/mol. The zero-order chi connectivity index (χ0) is 13.8. The minimum absolute atomic E-state index is 0.175. The number of carboxylic acids is 1. The average molecular weight is 265 g/mol. The molecule has 0 atom stereocenters. The molecule has 2 rings (SSSR count). The highest BCUT2D eigenvalue weighted by molar-refractivity contribution is 5.97. The van der Waals surface area contributed by atoms with Crippen molar-refractivity contribution in [1.82, 2.24) is 4.98 Å². The van der Waals surface area contributed by atoms with E-state index in [4.69, 9.17) is 15.7 Å². The van der Waals surface area contributed by atoms with Crippen LogP contribution >= 0.6 is 0 Å². The number of amides is 1. The molecule has 0 unspecified atom stereocenters. The summed E-state index contributed by atoms with van der Waals surface area (Å²) in [6.45, 7) is -0.531. The Morgan fingerprint density at radius 2 is 2.16 bits per heavy atom. The van der Waals surface area contributed by atoms with Gasteiger partial charge in [-0.1, -0.05) is 0 Å². The van der Waals surface area contributed by atoms with E-state index in [9.17, 15) is 9.59 Å². The van der Waals surface area contributed by atoms with Gasteiger partial charge in [-0.2, -0.15) is 0 Å². The molecule has 0 bridgehead atoms. The highest BCUT2D eigenvalue weighted by atomic mass is 16.7. The molecule has 1 aliphatic rings. The molecule has 0 saturated carbocycles. The van der Waals surface area contributed by atoms with Gasteiger partial charge in [0.05, 0.1) is 5.56 Å². The summed E-state index contributed by atoms with van der Waals surface area (Å²) in [6.07, 6.45) is 3.82. The number of aryl methyl sites for hydroxylation is 2. The van der Waals surface area contributed by atoms with Crippen molar-refractivity contribution in [3.63, 3.8) is 0 Å². The first-order valence-corrected chi connectivity index (χ1v) is 6.00. The van der Waals surface area contributed by atoms with Crippen molar-refractivity contribution < 1.29 is 19.5 Å². The van der Waals surface area contributed by atoms with Gasteiger partial charge in [0.2, 0.25) is 0 Å². The van der Waals surface area contributed by atoms with Gasteiger partial charge in [-0.3, -0.25) is 9.63 Å². The number of primary amides is 1. The van der Waals surface area contributed by atoms with E-state index in [1.54, 1.807) is 6.07 Å². The summed E-state index contributed by atoms with van der Waals surface area (Å²) in [5.41, 5.74) is 9.80. The van der Waals surface area contributed by atoms with E-state index in [0.717, 1.165) is 36.9 Å². The predicted octanol–water partition coefficient (Wildman–Crippen LogP) is 0.487. The lowest BCUT2D eigenvalue weighted by molar-refractivity contribution is -0.141. The molecule has 4 N–H and O–H groups in total. The van der Waals surface area contributed by atoms with E-state index < -0.39 is 18.5 Å². The monoisotopic (exact) mass is 265 g/mol. The van der Waals surface area contributed by atoms with Crippen molar-refractivity contribution in [3.8, 4) is 0 Å². The lowest BCUT2D eigenvalue weighted by Crippen LogP contribution is -2.20. The highest BCUT2D eigenvalue weighted by Gasteiger charge is 2.18. The lowest BCUT2D eigenvalue weighted by Gasteiger charge is -2.18. The number of aromatic nitrogens is 1. The van der Waals surface area contributed by atoms with Crippen molar-refractivity contribution in [2.24, 2.45) is 5.73 Å². The Morgan fingerprint density at radius 3 is 2.84 bits per heavy atom. The number of anilines is 1. The van der Waals surface area contributed by atoms with Crippen molar-refractivity contribution in [2.45, 2.75) is 25.7 Å². The molecule has 0 fully saturated rings. The molecule has 1 aromatic rings. The van der Waals surface area contributed by atoms with Gasteiger partial charge in [0, 0.05) is 5.69 Å². The Morgan fingerprint density at radius 1 is 1.42 bits per heavy atom. The molecule has 1 aliphatic carbocycles. The fourth-order valence-corrected chi connectivity index (χ4v) is 2.07. The van der Waals surface area contributed by atoms with E-state index in [1.807, 2.05) is 0 Å².